The van der Waals surface area contributed by atoms with E-state index in [1.54, 1.807) is 0 Å². The summed E-state index contributed by atoms with van der Waals surface area (Å²) in [7, 11) is 2.13. The Balaban J connectivity index is 1.61. The van der Waals surface area contributed by atoms with Gasteiger partial charge in [0.15, 0.2) is 0 Å². The average Bonchev–Trinajstić information content (AvgIpc) is 2.80. The molecule has 3 heteroatoms. The number of aromatic nitrogens is 2. The lowest BCUT2D eigenvalue weighted by atomic mass is 9.84. The van der Waals surface area contributed by atoms with Crippen LogP contribution in [-0.2, 0) is 13.5 Å². The van der Waals surface area contributed by atoms with E-state index in [4.69, 9.17) is 0 Å². The molecular formula is C15H25N3. The first-order chi connectivity index (χ1) is 8.84. The molecule has 3 nitrogen and oxygen atoms in total. The van der Waals surface area contributed by atoms with Crippen molar-refractivity contribution in [2.24, 2.45) is 13.0 Å². The maximum Gasteiger partial charge on any atom is 0.0949 e. The van der Waals surface area contributed by atoms with Crippen LogP contribution < -0.4 is 5.32 Å². The van der Waals surface area contributed by atoms with Gasteiger partial charge in [-0.1, -0.05) is 32.1 Å². The predicted molar refractivity (Wildman–Crippen MR) is 73.5 cm³/mol. The van der Waals surface area contributed by atoms with Crippen molar-refractivity contribution in [1.82, 2.24) is 14.9 Å². The molecule has 1 aliphatic carbocycles. The zero-order valence-corrected chi connectivity index (χ0v) is 11.5. The van der Waals surface area contributed by atoms with Gasteiger partial charge >= 0.3 is 0 Å². The minimum Gasteiger partial charge on any atom is -0.336 e. The van der Waals surface area contributed by atoms with Gasteiger partial charge in [-0.25, -0.2) is 4.98 Å². The highest BCUT2D eigenvalue weighted by Gasteiger charge is 2.24. The van der Waals surface area contributed by atoms with Crippen LogP contribution in [0.15, 0.2) is 6.33 Å². The van der Waals surface area contributed by atoms with E-state index in [1.165, 1.54) is 56.3 Å². The lowest BCUT2D eigenvalue weighted by Gasteiger charge is -2.28. The molecule has 100 valence electrons. The number of rotatable bonds is 3. The third-order valence-electron chi connectivity index (χ3n) is 4.73. The first-order valence-electron chi connectivity index (χ1n) is 7.58. The Labute approximate surface area is 110 Å². The summed E-state index contributed by atoms with van der Waals surface area (Å²) < 4.78 is 2.22. The lowest BCUT2D eigenvalue weighted by molar-refractivity contribution is 0.308. The van der Waals surface area contributed by atoms with Crippen molar-refractivity contribution >= 4 is 0 Å². The van der Waals surface area contributed by atoms with E-state index >= 15 is 0 Å². The topological polar surface area (TPSA) is 29.9 Å². The number of aryl methyl sites for hydroxylation is 1. The molecule has 1 saturated carbocycles. The van der Waals surface area contributed by atoms with E-state index < -0.39 is 0 Å². The molecule has 0 saturated heterocycles. The third-order valence-corrected chi connectivity index (χ3v) is 4.73. The molecule has 0 spiro atoms. The minimum absolute atomic E-state index is 0.545. The first-order valence-corrected chi connectivity index (χ1v) is 7.58. The van der Waals surface area contributed by atoms with Crippen LogP contribution in [0.3, 0.4) is 0 Å². The van der Waals surface area contributed by atoms with Crippen molar-refractivity contribution < 1.29 is 0 Å². The van der Waals surface area contributed by atoms with Crippen molar-refractivity contribution in [3.8, 4) is 0 Å². The fraction of sp³-hybridized carbons (Fsp3) is 0.800. The van der Waals surface area contributed by atoms with Gasteiger partial charge in [0, 0.05) is 26.1 Å². The number of fused-ring (bicyclic) bond motifs is 1. The van der Waals surface area contributed by atoms with Gasteiger partial charge in [-0.3, -0.25) is 0 Å². The zero-order valence-electron chi connectivity index (χ0n) is 11.5. The molecule has 1 N–H and O–H groups in total. The van der Waals surface area contributed by atoms with E-state index in [0.717, 1.165) is 18.9 Å². The van der Waals surface area contributed by atoms with Crippen molar-refractivity contribution in [2.75, 3.05) is 6.54 Å². The Hall–Kier alpha value is -0.830. The van der Waals surface area contributed by atoms with Crippen LogP contribution >= 0.6 is 0 Å². The molecule has 1 atom stereocenters. The molecule has 2 heterocycles. The molecule has 18 heavy (non-hydrogen) atoms. The molecule has 0 aromatic carbocycles. The summed E-state index contributed by atoms with van der Waals surface area (Å²) in [5, 5.41) is 3.68. The molecule has 0 amide bonds. The van der Waals surface area contributed by atoms with E-state index in [2.05, 4.69) is 21.9 Å². The van der Waals surface area contributed by atoms with Gasteiger partial charge in [-0.15, -0.1) is 0 Å². The second-order valence-corrected chi connectivity index (χ2v) is 6.03. The minimum atomic E-state index is 0.545. The summed E-state index contributed by atoms with van der Waals surface area (Å²) in [5.74, 6) is 0.985. The summed E-state index contributed by atoms with van der Waals surface area (Å²) in [4.78, 5) is 4.52. The zero-order chi connectivity index (χ0) is 12.4. The molecule has 1 aliphatic heterocycles. The van der Waals surface area contributed by atoms with Gasteiger partial charge in [0.1, 0.15) is 0 Å². The quantitative estimate of drug-likeness (QED) is 0.890. The smallest absolute Gasteiger partial charge is 0.0949 e. The highest BCUT2D eigenvalue weighted by atomic mass is 15.1. The Morgan fingerprint density at radius 3 is 2.94 bits per heavy atom. The number of imidazole rings is 1. The normalized spacial score (nSPS) is 25.1. The summed E-state index contributed by atoms with van der Waals surface area (Å²) >= 11 is 0. The molecule has 1 aromatic rings. The van der Waals surface area contributed by atoms with Crippen molar-refractivity contribution in [2.45, 2.75) is 57.4 Å². The van der Waals surface area contributed by atoms with Crippen LogP contribution in [0.25, 0.3) is 0 Å². The standard InChI is InChI=1S/C15H25N3/c1-18-11-17-14-9-10-16-13(15(14)18)8-7-12-5-3-2-4-6-12/h11-13,16H,2-10H2,1H3. The number of hydrogen-bond acceptors (Lipinski definition) is 2. The second kappa shape index (κ2) is 5.43. The molecule has 1 unspecified atom stereocenters. The van der Waals surface area contributed by atoms with E-state index in [1.807, 2.05) is 6.33 Å². The molecule has 1 fully saturated rings. The number of hydrogen-bond donors (Lipinski definition) is 1. The molecule has 3 rings (SSSR count). The number of nitrogens with one attached hydrogen (secondary N) is 1. The summed E-state index contributed by atoms with van der Waals surface area (Å²) in [6.45, 7) is 1.10. The van der Waals surface area contributed by atoms with Crippen molar-refractivity contribution in [1.29, 1.82) is 0 Å². The fourth-order valence-electron chi connectivity index (χ4n) is 3.71. The monoisotopic (exact) mass is 247 g/mol. The maximum absolute atomic E-state index is 4.52. The Morgan fingerprint density at radius 2 is 2.11 bits per heavy atom. The van der Waals surface area contributed by atoms with Crippen LogP contribution in [-0.4, -0.2) is 16.1 Å². The highest BCUT2D eigenvalue weighted by molar-refractivity contribution is 5.20. The maximum atomic E-state index is 4.52. The van der Waals surface area contributed by atoms with Crippen molar-refractivity contribution in [3.05, 3.63) is 17.7 Å². The molecule has 0 radical (unpaired) electrons. The summed E-state index contributed by atoms with van der Waals surface area (Å²) in [5.41, 5.74) is 2.77. The van der Waals surface area contributed by atoms with Gasteiger partial charge in [0.05, 0.1) is 17.7 Å². The van der Waals surface area contributed by atoms with Crippen LogP contribution in [0.4, 0.5) is 0 Å². The third kappa shape index (κ3) is 2.46. The summed E-state index contributed by atoms with van der Waals surface area (Å²) in [6.07, 6.45) is 13.1. The molecule has 2 aliphatic rings. The van der Waals surface area contributed by atoms with E-state index in [0.29, 0.717) is 6.04 Å². The SMILES string of the molecule is Cn1cnc2c1C(CCC1CCCCC1)NCC2. The Kier molecular flexibility index (Phi) is 3.69. The number of nitrogens with zero attached hydrogens (tertiary/aromatic N) is 2. The largest absolute Gasteiger partial charge is 0.336 e. The average molecular weight is 247 g/mol. The Bertz CT molecular complexity index is 390. The van der Waals surface area contributed by atoms with E-state index in [-0.39, 0.29) is 0 Å². The van der Waals surface area contributed by atoms with Crippen LogP contribution in [0.5, 0.6) is 0 Å². The van der Waals surface area contributed by atoms with Crippen molar-refractivity contribution in [3.63, 3.8) is 0 Å². The second-order valence-electron chi connectivity index (χ2n) is 6.03. The van der Waals surface area contributed by atoms with Crippen LogP contribution in [0.2, 0.25) is 0 Å². The molecule has 0 bridgehead atoms. The summed E-state index contributed by atoms with van der Waals surface area (Å²) in [6, 6.07) is 0.545. The van der Waals surface area contributed by atoms with Crippen LogP contribution in [0.1, 0.15) is 62.4 Å². The Morgan fingerprint density at radius 1 is 1.28 bits per heavy atom. The fourth-order valence-corrected chi connectivity index (χ4v) is 3.71. The predicted octanol–water partition coefficient (Wildman–Crippen LogP) is 2.97. The van der Waals surface area contributed by atoms with Gasteiger partial charge in [0.2, 0.25) is 0 Å². The van der Waals surface area contributed by atoms with Gasteiger partial charge in [0.25, 0.3) is 0 Å². The van der Waals surface area contributed by atoms with Gasteiger partial charge < -0.3 is 9.88 Å². The van der Waals surface area contributed by atoms with Gasteiger partial charge in [-0.05, 0) is 18.8 Å². The van der Waals surface area contributed by atoms with Gasteiger partial charge in [-0.2, -0.15) is 0 Å². The van der Waals surface area contributed by atoms with Crippen LogP contribution in [0, 0.1) is 5.92 Å². The first kappa shape index (κ1) is 12.2. The lowest BCUT2D eigenvalue weighted by Crippen LogP contribution is -2.31. The van der Waals surface area contributed by atoms with E-state index in [9.17, 15) is 0 Å². The molecular weight excluding hydrogens is 222 g/mol. The highest BCUT2D eigenvalue weighted by Crippen LogP contribution is 2.32. The molecule has 1 aromatic heterocycles.